The van der Waals surface area contributed by atoms with E-state index in [1.165, 1.54) is 37.7 Å². The Balaban J connectivity index is 1.88. The van der Waals surface area contributed by atoms with Crippen LogP contribution in [0.3, 0.4) is 0 Å². The molecule has 0 aliphatic heterocycles. The fraction of sp³-hybridized carbons (Fsp3) is 0.600. The lowest BCUT2D eigenvalue weighted by molar-refractivity contribution is 0.0344. The molecule has 2 rings (SSSR count). The molecule has 0 N–H and O–H groups in total. The number of benzene rings is 1. The summed E-state index contributed by atoms with van der Waals surface area (Å²) in [6, 6.07) is 8.48. The van der Waals surface area contributed by atoms with E-state index >= 15 is 0 Å². The molecular weight excluding hydrogens is 403 g/mol. The molecule has 18 heavy (non-hydrogen) atoms. The molecule has 0 saturated heterocycles. The fourth-order valence-electron chi connectivity index (χ4n) is 2.54. The van der Waals surface area contributed by atoms with Crippen LogP contribution < -0.4 is 0 Å². The normalized spacial score (nSPS) is 18.8. The summed E-state index contributed by atoms with van der Waals surface area (Å²) in [4.78, 5) is 0. The van der Waals surface area contributed by atoms with Crippen molar-refractivity contribution in [2.75, 3.05) is 11.0 Å². The molecule has 1 nitrogen and oxygen atoms in total. The quantitative estimate of drug-likeness (QED) is 0.448. The van der Waals surface area contributed by atoms with Crippen molar-refractivity contribution in [1.29, 1.82) is 0 Å². The summed E-state index contributed by atoms with van der Waals surface area (Å²) < 4.78 is 8.29. The Kier molecular flexibility index (Phi) is 6.45. The predicted octanol–water partition coefficient (Wildman–Crippen LogP) is 5.52. The van der Waals surface area contributed by atoms with Crippen LogP contribution in [-0.4, -0.2) is 11.0 Å². The van der Waals surface area contributed by atoms with E-state index < -0.39 is 0 Å². The van der Waals surface area contributed by atoms with Gasteiger partial charge in [-0.3, -0.25) is 0 Å². The van der Waals surface area contributed by atoms with Crippen molar-refractivity contribution in [1.82, 2.24) is 0 Å². The second-order valence-electron chi connectivity index (χ2n) is 5.04. The molecule has 1 saturated carbocycles. The van der Waals surface area contributed by atoms with Gasteiger partial charge in [-0.05, 0) is 36.5 Å². The van der Waals surface area contributed by atoms with Crippen molar-refractivity contribution in [2.24, 2.45) is 5.92 Å². The lowest BCUT2D eigenvalue weighted by atomic mass is 9.90. The summed E-state index contributed by atoms with van der Waals surface area (Å²) in [5, 5.41) is 0. The second kappa shape index (κ2) is 7.85. The van der Waals surface area contributed by atoms with Gasteiger partial charge < -0.3 is 4.74 Å². The van der Waals surface area contributed by atoms with E-state index in [1.54, 1.807) is 0 Å². The maximum absolute atomic E-state index is 6.14. The minimum Gasteiger partial charge on any atom is -0.372 e. The molecule has 100 valence electrons. The summed E-state index contributed by atoms with van der Waals surface area (Å²) in [7, 11) is 0. The van der Waals surface area contributed by atoms with E-state index in [-0.39, 0.29) is 6.10 Å². The minimum absolute atomic E-state index is 0.241. The van der Waals surface area contributed by atoms with Crippen LogP contribution in [0.15, 0.2) is 28.7 Å². The van der Waals surface area contributed by atoms with E-state index in [4.69, 9.17) is 4.74 Å². The van der Waals surface area contributed by atoms with Crippen LogP contribution in [-0.2, 0) is 4.74 Å². The molecule has 1 aliphatic carbocycles. The fourth-order valence-corrected chi connectivity index (χ4v) is 3.72. The van der Waals surface area contributed by atoms with Crippen LogP contribution in [0.1, 0.15) is 43.8 Å². The molecule has 0 heterocycles. The predicted molar refractivity (Wildman–Crippen MR) is 88.3 cm³/mol. The lowest BCUT2D eigenvalue weighted by Gasteiger charge is -2.24. The van der Waals surface area contributed by atoms with E-state index in [1.807, 2.05) is 0 Å². The Bertz CT molecular complexity index is 363. The number of alkyl halides is 1. The number of rotatable bonds is 5. The smallest absolute Gasteiger partial charge is 0.0914 e. The van der Waals surface area contributed by atoms with E-state index in [9.17, 15) is 0 Å². The van der Waals surface area contributed by atoms with Crippen molar-refractivity contribution in [3.8, 4) is 0 Å². The molecule has 1 atom stereocenters. The van der Waals surface area contributed by atoms with Crippen LogP contribution in [0.2, 0.25) is 0 Å². The highest BCUT2D eigenvalue weighted by Crippen LogP contribution is 2.28. The summed E-state index contributed by atoms with van der Waals surface area (Å²) in [5.74, 6) is 0.788. The second-order valence-corrected chi connectivity index (χ2v) is 6.83. The van der Waals surface area contributed by atoms with Crippen molar-refractivity contribution in [3.05, 3.63) is 34.3 Å². The Morgan fingerprint density at radius 1 is 1.28 bits per heavy atom. The summed E-state index contributed by atoms with van der Waals surface area (Å²) in [6.45, 7) is 0.931. The molecular formula is C15H20BrIO. The molecule has 1 aliphatic rings. The zero-order valence-electron chi connectivity index (χ0n) is 10.6. The van der Waals surface area contributed by atoms with Crippen LogP contribution in [0.25, 0.3) is 0 Å². The third-order valence-electron chi connectivity index (χ3n) is 3.62. The first kappa shape index (κ1) is 14.8. The molecule has 0 radical (unpaired) electrons. The summed E-state index contributed by atoms with van der Waals surface area (Å²) in [5.41, 5.74) is 1.29. The Morgan fingerprint density at radius 3 is 2.72 bits per heavy atom. The molecule has 0 amide bonds. The Hall–Kier alpha value is 0.390. The van der Waals surface area contributed by atoms with E-state index in [2.05, 4.69) is 62.8 Å². The third-order valence-corrected chi connectivity index (χ3v) is 4.91. The molecule has 1 fully saturated rings. The van der Waals surface area contributed by atoms with Crippen molar-refractivity contribution in [2.45, 2.75) is 38.2 Å². The molecule has 1 unspecified atom stereocenters. The number of hydrogen-bond donors (Lipinski definition) is 0. The van der Waals surface area contributed by atoms with Crippen molar-refractivity contribution < 1.29 is 4.74 Å². The van der Waals surface area contributed by atoms with Gasteiger partial charge in [0.2, 0.25) is 0 Å². The highest BCUT2D eigenvalue weighted by molar-refractivity contribution is 14.1. The van der Waals surface area contributed by atoms with Gasteiger partial charge in [0, 0.05) is 8.90 Å². The maximum atomic E-state index is 6.14. The topological polar surface area (TPSA) is 9.23 Å². The highest BCUT2D eigenvalue weighted by Gasteiger charge is 2.17. The van der Waals surface area contributed by atoms with Gasteiger partial charge in [-0.2, -0.15) is 0 Å². The van der Waals surface area contributed by atoms with E-state index in [0.29, 0.717) is 0 Å². The minimum atomic E-state index is 0.241. The zero-order valence-corrected chi connectivity index (χ0v) is 14.3. The third kappa shape index (κ3) is 4.49. The van der Waals surface area contributed by atoms with Crippen molar-refractivity contribution >= 4 is 38.5 Å². The maximum Gasteiger partial charge on any atom is 0.0914 e. The monoisotopic (exact) mass is 422 g/mol. The van der Waals surface area contributed by atoms with Gasteiger partial charge in [-0.25, -0.2) is 0 Å². The average molecular weight is 423 g/mol. The standard InChI is InChI=1S/C15H20BrIO/c16-14-8-4-7-13(9-14)15(10-17)18-11-12-5-2-1-3-6-12/h4,7-9,12,15H,1-3,5-6,10-11H2. The molecule has 1 aromatic carbocycles. The molecule has 0 spiro atoms. The van der Waals surface area contributed by atoms with Gasteiger partial charge in [0.25, 0.3) is 0 Å². The van der Waals surface area contributed by atoms with Gasteiger partial charge in [-0.15, -0.1) is 0 Å². The largest absolute Gasteiger partial charge is 0.372 e. The van der Waals surface area contributed by atoms with Gasteiger partial charge in [0.15, 0.2) is 0 Å². The van der Waals surface area contributed by atoms with Crippen LogP contribution in [0, 0.1) is 5.92 Å². The molecule has 0 bridgehead atoms. The van der Waals surface area contributed by atoms with Crippen LogP contribution in [0.5, 0.6) is 0 Å². The molecule has 3 heteroatoms. The Morgan fingerprint density at radius 2 is 2.06 bits per heavy atom. The molecule has 1 aromatic rings. The first-order chi connectivity index (χ1) is 8.79. The van der Waals surface area contributed by atoms with Gasteiger partial charge in [0.1, 0.15) is 0 Å². The number of ether oxygens (including phenoxy) is 1. The van der Waals surface area contributed by atoms with Crippen LogP contribution in [0.4, 0.5) is 0 Å². The van der Waals surface area contributed by atoms with E-state index in [0.717, 1.165) is 21.4 Å². The summed E-state index contributed by atoms with van der Waals surface area (Å²) in [6.07, 6.45) is 7.14. The van der Waals surface area contributed by atoms with Gasteiger partial charge in [-0.1, -0.05) is 69.9 Å². The zero-order chi connectivity index (χ0) is 12.8. The van der Waals surface area contributed by atoms with Gasteiger partial charge in [0.05, 0.1) is 12.7 Å². The number of halogens is 2. The first-order valence-electron chi connectivity index (χ1n) is 6.72. The average Bonchev–Trinajstić information content (AvgIpc) is 2.41. The highest BCUT2D eigenvalue weighted by atomic mass is 127. The first-order valence-corrected chi connectivity index (χ1v) is 9.04. The van der Waals surface area contributed by atoms with Crippen molar-refractivity contribution in [3.63, 3.8) is 0 Å². The summed E-state index contributed by atoms with van der Waals surface area (Å²) >= 11 is 5.95. The Labute approximate surface area is 132 Å². The SMILES string of the molecule is Brc1cccc(C(CI)OCC2CCCCC2)c1. The van der Waals surface area contributed by atoms with Gasteiger partial charge >= 0.3 is 0 Å². The lowest BCUT2D eigenvalue weighted by Crippen LogP contribution is -2.16. The van der Waals surface area contributed by atoms with Crippen LogP contribution >= 0.6 is 38.5 Å². The molecule has 0 aromatic heterocycles. The number of hydrogen-bond acceptors (Lipinski definition) is 1.